The van der Waals surface area contributed by atoms with Crippen molar-refractivity contribution in [3.63, 3.8) is 0 Å². The zero-order valence-electron chi connectivity index (χ0n) is 11.2. The van der Waals surface area contributed by atoms with Gasteiger partial charge in [-0.3, -0.25) is 4.68 Å². The van der Waals surface area contributed by atoms with Crippen LogP contribution in [0.3, 0.4) is 0 Å². The number of hydrogen-bond acceptors (Lipinski definition) is 5. The summed E-state index contributed by atoms with van der Waals surface area (Å²) in [4.78, 5) is 0.111. The van der Waals surface area contributed by atoms with E-state index >= 15 is 0 Å². The molecule has 0 amide bonds. The van der Waals surface area contributed by atoms with E-state index in [0.29, 0.717) is 18.2 Å². The van der Waals surface area contributed by atoms with Crippen molar-refractivity contribution >= 4 is 27.6 Å². The van der Waals surface area contributed by atoms with Crippen LogP contribution in [0.2, 0.25) is 0 Å². The number of aryl methyl sites for hydroxylation is 1. The molecule has 1 fully saturated rings. The number of thioether (sulfide) groups is 1. The Kier molecular flexibility index (Phi) is 4.42. The second-order valence-electron chi connectivity index (χ2n) is 4.83. The first-order valence-corrected chi connectivity index (χ1v) is 8.92. The molecule has 6 nitrogen and oxygen atoms in total. The summed E-state index contributed by atoms with van der Waals surface area (Å²) in [7, 11) is -1.88. The van der Waals surface area contributed by atoms with Crippen LogP contribution < -0.4 is 10.5 Å². The van der Waals surface area contributed by atoms with Crippen molar-refractivity contribution < 1.29 is 8.42 Å². The van der Waals surface area contributed by atoms with Crippen LogP contribution in [0.5, 0.6) is 0 Å². The number of nitrogens with one attached hydrogen (secondary N) is 1. The molecule has 0 bridgehead atoms. The Morgan fingerprint density at radius 3 is 2.63 bits per heavy atom. The van der Waals surface area contributed by atoms with Gasteiger partial charge >= 0.3 is 0 Å². The lowest BCUT2D eigenvalue weighted by molar-refractivity contribution is 0.476. The van der Waals surface area contributed by atoms with E-state index in [2.05, 4.69) is 9.82 Å². The molecule has 2 heterocycles. The molecule has 0 spiro atoms. The first kappa shape index (κ1) is 14.7. The van der Waals surface area contributed by atoms with Crippen LogP contribution in [-0.2, 0) is 17.1 Å². The molecular formula is C11H20N4O2S2. The van der Waals surface area contributed by atoms with Crippen LogP contribution in [0.15, 0.2) is 4.90 Å². The van der Waals surface area contributed by atoms with Crippen molar-refractivity contribution in [1.82, 2.24) is 14.5 Å². The number of anilines is 1. The molecule has 0 aliphatic carbocycles. The minimum Gasteiger partial charge on any atom is -0.381 e. The van der Waals surface area contributed by atoms with E-state index in [1.807, 2.05) is 11.8 Å². The molecule has 0 radical (unpaired) electrons. The minimum atomic E-state index is -3.57. The summed E-state index contributed by atoms with van der Waals surface area (Å²) in [5, 5.41) is 3.94. The highest BCUT2D eigenvalue weighted by Crippen LogP contribution is 2.24. The second-order valence-corrected chi connectivity index (χ2v) is 7.76. The lowest BCUT2D eigenvalue weighted by Crippen LogP contribution is -2.31. The van der Waals surface area contributed by atoms with Gasteiger partial charge in [0, 0.05) is 13.6 Å². The zero-order valence-corrected chi connectivity index (χ0v) is 12.9. The SMILES string of the molecule is Cc1c(S(=O)(=O)NCC2CCSCC2)c(N)nn1C. The predicted octanol–water partition coefficient (Wildman–Crippen LogP) is 0.732. The van der Waals surface area contributed by atoms with Gasteiger partial charge in [0.2, 0.25) is 10.0 Å². The van der Waals surface area contributed by atoms with Crippen molar-refractivity contribution in [2.75, 3.05) is 23.8 Å². The largest absolute Gasteiger partial charge is 0.381 e. The molecule has 0 unspecified atom stereocenters. The lowest BCUT2D eigenvalue weighted by atomic mass is 10.0. The zero-order chi connectivity index (χ0) is 14.0. The average molecular weight is 304 g/mol. The number of sulfonamides is 1. The molecule has 3 N–H and O–H groups in total. The Labute approximate surface area is 118 Å². The van der Waals surface area contributed by atoms with Crippen molar-refractivity contribution in [2.45, 2.75) is 24.7 Å². The van der Waals surface area contributed by atoms with E-state index in [1.54, 1.807) is 14.0 Å². The van der Waals surface area contributed by atoms with E-state index in [0.717, 1.165) is 24.3 Å². The van der Waals surface area contributed by atoms with Gasteiger partial charge in [0.05, 0.1) is 5.69 Å². The molecule has 1 aromatic rings. The van der Waals surface area contributed by atoms with E-state index < -0.39 is 10.0 Å². The Hall–Kier alpha value is -0.730. The predicted molar refractivity (Wildman–Crippen MR) is 77.6 cm³/mol. The van der Waals surface area contributed by atoms with Crippen LogP contribution in [0.1, 0.15) is 18.5 Å². The molecule has 1 saturated heterocycles. The number of rotatable bonds is 4. The highest BCUT2D eigenvalue weighted by atomic mass is 32.2. The van der Waals surface area contributed by atoms with Crippen molar-refractivity contribution in [2.24, 2.45) is 13.0 Å². The van der Waals surface area contributed by atoms with Gasteiger partial charge in [-0.1, -0.05) is 0 Å². The first-order chi connectivity index (χ1) is 8.92. The molecule has 19 heavy (non-hydrogen) atoms. The van der Waals surface area contributed by atoms with Crippen LogP contribution in [0, 0.1) is 12.8 Å². The molecule has 1 aliphatic rings. The summed E-state index contributed by atoms with van der Waals surface area (Å²) in [5.74, 6) is 2.71. The van der Waals surface area contributed by atoms with Crippen LogP contribution >= 0.6 is 11.8 Å². The van der Waals surface area contributed by atoms with Crippen LogP contribution in [0.25, 0.3) is 0 Å². The molecule has 0 aromatic carbocycles. The first-order valence-electron chi connectivity index (χ1n) is 6.28. The summed E-state index contributed by atoms with van der Waals surface area (Å²) < 4.78 is 28.7. The van der Waals surface area contributed by atoms with Gasteiger partial charge in [0.25, 0.3) is 0 Å². The van der Waals surface area contributed by atoms with Crippen molar-refractivity contribution in [1.29, 1.82) is 0 Å². The third-order valence-electron chi connectivity index (χ3n) is 3.48. The van der Waals surface area contributed by atoms with Gasteiger partial charge < -0.3 is 5.73 Å². The van der Waals surface area contributed by atoms with Gasteiger partial charge in [-0.15, -0.1) is 0 Å². The number of aromatic nitrogens is 2. The summed E-state index contributed by atoms with van der Waals surface area (Å²) in [6.07, 6.45) is 2.13. The highest BCUT2D eigenvalue weighted by Gasteiger charge is 2.25. The maximum Gasteiger partial charge on any atom is 0.246 e. The van der Waals surface area contributed by atoms with Crippen molar-refractivity contribution in [3.05, 3.63) is 5.69 Å². The molecule has 1 aromatic heterocycles. The van der Waals surface area contributed by atoms with Crippen molar-refractivity contribution in [3.8, 4) is 0 Å². The van der Waals surface area contributed by atoms with E-state index in [4.69, 9.17) is 5.73 Å². The normalized spacial score (nSPS) is 17.8. The third-order valence-corrected chi connectivity index (χ3v) is 6.11. The monoisotopic (exact) mass is 304 g/mol. The topological polar surface area (TPSA) is 90.0 Å². The average Bonchev–Trinajstić information content (AvgIpc) is 2.63. The number of nitrogens with two attached hydrogens (primary N) is 1. The molecule has 2 rings (SSSR count). The van der Waals surface area contributed by atoms with Gasteiger partial charge in [-0.25, -0.2) is 13.1 Å². The third kappa shape index (κ3) is 3.24. The molecule has 0 atom stereocenters. The van der Waals surface area contributed by atoms with E-state index in [1.165, 1.54) is 4.68 Å². The fraction of sp³-hybridized carbons (Fsp3) is 0.727. The van der Waals surface area contributed by atoms with Gasteiger partial charge in [-0.2, -0.15) is 16.9 Å². The lowest BCUT2D eigenvalue weighted by Gasteiger charge is -2.21. The Balaban J connectivity index is 2.09. The summed E-state index contributed by atoms with van der Waals surface area (Å²) in [6.45, 7) is 2.19. The number of nitrogen functional groups attached to an aromatic ring is 1. The molecule has 8 heteroatoms. The van der Waals surface area contributed by atoms with Gasteiger partial charge in [-0.05, 0) is 37.2 Å². The number of hydrogen-bond donors (Lipinski definition) is 2. The maximum atomic E-state index is 12.3. The summed E-state index contributed by atoms with van der Waals surface area (Å²) in [6, 6.07) is 0. The maximum absolute atomic E-state index is 12.3. The molecule has 0 saturated carbocycles. The quantitative estimate of drug-likeness (QED) is 0.856. The van der Waals surface area contributed by atoms with Crippen LogP contribution in [0.4, 0.5) is 5.82 Å². The summed E-state index contributed by atoms with van der Waals surface area (Å²) in [5.41, 5.74) is 6.24. The molecular weight excluding hydrogens is 284 g/mol. The Morgan fingerprint density at radius 2 is 2.11 bits per heavy atom. The standard InChI is InChI=1S/C11H20N4O2S2/c1-8-10(11(12)14-15(8)2)19(16,17)13-7-9-3-5-18-6-4-9/h9,13H,3-7H2,1-2H3,(H2,12,14). The van der Waals surface area contributed by atoms with Crippen LogP contribution in [-0.4, -0.2) is 36.2 Å². The Bertz CT molecular complexity index is 547. The molecule has 1 aliphatic heterocycles. The fourth-order valence-electron chi connectivity index (χ4n) is 2.20. The smallest absolute Gasteiger partial charge is 0.246 e. The minimum absolute atomic E-state index is 0.0618. The highest BCUT2D eigenvalue weighted by molar-refractivity contribution is 7.99. The summed E-state index contributed by atoms with van der Waals surface area (Å²) >= 11 is 1.93. The molecule has 108 valence electrons. The number of nitrogens with zero attached hydrogens (tertiary/aromatic N) is 2. The second kappa shape index (κ2) is 5.72. The van der Waals surface area contributed by atoms with Gasteiger partial charge in [0.15, 0.2) is 5.82 Å². The Morgan fingerprint density at radius 1 is 1.47 bits per heavy atom. The fourth-order valence-corrected chi connectivity index (χ4v) is 4.84. The van der Waals surface area contributed by atoms with Gasteiger partial charge in [0.1, 0.15) is 4.90 Å². The van der Waals surface area contributed by atoms with E-state index in [-0.39, 0.29) is 10.7 Å². The van der Waals surface area contributed by atoms with E-state index in [9.17, 15) is 8.42 Å².